The summed E-state index contributed by atoms with van der Waals surface area (Å²) in [6.07, 6.45) is 4.14. The summed E-state index contributed by atoms with van der Waals surface area (Å²) < 4.78 is 5.45. The molecule has 0 spiro atoms. The first-order valence-electron chi connectivity index (χ1n) is 10.7. The highest BCUT2D eigenvalue weighted by Crippen LogP contribution is 2.39. The van der Waals surface area contributed by atoms with Crippen LogP contribution in [0.5, 0.6) is 0 Å². The fourth-order valence-corrected chi connectivity index (χ4v) is 4.40. The Hall–Kier alpha value is -2.99. The number of hydrogen-bond acceptors (Lipinski definition) is 5. The molecule has 0 saturated heterocycles. The van der Waals surface area contributed by atoms with E-state index in [9.17, 15) is 9.59 Å². The van der Waals surface area contributed by atoms with E-state index in [1.165, 1.54) is 6.20 Å². The Morgan fingerprint density at radius 1 is 1.19 bits per heavy atom. The Labute approximate surface area is 192 Å². The molecule has 1 aliphatic carbocycles. The van der Waals surface area contributed by atoms with Crippen LogP contribution in [0, 0.1) is 11.3 Å². The second-order valence-electron chi connectivity index (χ2n) is 9.20. The summed E-state index contributed by atoms with van der Waals surface area (Å²) in [4.78, 5) is 34.3. The lowest BCUT2D eigenvalue weighted by molar-refractivity contribution is -0.119. The van der Waals surface area contributed by atoms with Crippen molar-refractivity contribution < 1.29 is 14.3 Å². The number of aromatic nitrogens is 2. The molecule has 1 unspecified atom stereocenters. The van der Waals surface area contributed by atoms with Gasteiger partial charge in [-0.25, -0.2) is 9.78 Å². The number of aryl methyl sites for hydroxylation is 1. The van der Waals surface area contributed by atoms with E-state index < -0.39 is 18.5 Å². The second kappa shape index (κ2) is 8.87. The van der Waals surface area contributed by atoms with Crippen LogP contribution in [0.2, 0.25) is 5.15 Å². The average Bonchev–Trinajstić information content (AvgIpc) is 2.76. The third kappa shape index (κ3) is 4.60. The zero-order valence-corrected chi connectivity index (χ0v) is 19.2. The Morgan fingerprint density at radius 3 is 2.72 bits per heavy atom. The van der Waals surface area contributed by atoms with E-state index >= 15 is 0 Å². The van der Waals surface area contributed by atoms with Gasteiger partial charge < -0.3 is 10.1 Å². The zero-order valence-electron chi connectivity index (χ0n) is 18.4. The SMILES string of the molecule is CC(C)(C)C1CCc2nc3ccccc3c(C(=O)OCC(=O)Nc3cccnc3Cl)c2C1. The van der Waals surface area contributed by atoms with Crippen LogP contribution in [0.25, 0.3) is 10.9 Å². The van der Waals surface area contributed by atoms with Gasteiger partial charge in [-0.15, -0.1) is 0 Å². The Bertz CT molecular complexity index is 1190. The topological polar surface area (TPSA) is 81.2 Å². The standard InChI is InChI=1S/C25H26ClN3O3/c1-25(2,3)15-10-11-19-17(13-15)22(16-7-4-5-8-18(16)28-19)24(31)32-14-21(30)29-20-9-6-12-27-23(20)26/h4-9,12,15H,10-11,13-14H2,1-3H3,(H,29,30). The molecule has 1 amide bonds. The van der Waals surface area contributed by atoms with Gasteiger partial charge in [-0.3, -0.25) is 9.78 Å². The van der Waals surface area contributed by atoms with Crippen molar-refractivity contribution in [3.63, 3.8) is 0 Å². The van der Waals surface area contributed by atoms with Gasteiger partial charge in [-0.1, -0.05) is 50.6 Å². The Morgan fingerprint density at radius 2 is 1.97 bits per heavy atom. The number of para-hydroxylation sites is 1. The van der Waals surface area contributed by atoms with Crippen molar-refractivity contribution in [3.05, 3.63) is 64.6 Å². The van der Waals surface area contributed by atoms with Crippen molar-refractivity contribution in [2.75, 3.05) is 11.9 Å². The molecule has 7 heteroatoms. The quantitative estimate of drug-likeness (QED) is 0.434. The number of carbonyl (C=O) groups is 2. The van der Waals surface area contributed by atoms with E-state index in [0.29, 0.717) is 17.2 Å². The second-order valence-corrected chi connectivity index (χ2v) is 9.56. The van der Waals surface area contributed by atoms with Crippen LogP contribution in [0.1, 0.15) is 48.8 Å². The molecule has 1 aromatic carbocycles. The first kappa shape index (κ1) is 22.2. The number of rotatable bonds is 4. The fourth-order valence-electron chi connectivity index (χ4n) is 4.23. The fraction of sp³-hybridized carbons (Fsp3) is 0.360. The molecule has 0 fully saturated rings. The molecule has 2 aromatic heterocycles. The first-order chi connectivity index (χ1) is 15.2. The van der Waals surface area contributed by atoms with Crippen LogP contribution >= 0.6 is 11.6 Å². The number of ether oxygens (including phenoxy) is 1. The van der Waals surface area contributed by atoms with Crippen molar-refractivity contribution in [2.24, 2.45) is 11.3 Å². The number of hydrogen-bond donors (Lipinski definition) is 1. The molecule has 0 saturated carbocycles. The molecule has 6 nitrogen and oxygen atoms in total. The minimum atomic E-state index is -0.512. The molecule has 0 radical (unpaired) electrons. The number of fused-ring (bicyclic) bond motifs is 2. The highest BCUT2D eigenvalue weighted by molar-refractivity contribution is 6.32. The van der Waals surface area contributed by atoms with Gasteiger partial charge in [-0.05, 0) is 54.4 Å². The predicted molar refractivity (Wildman–Crippen MR) is 125 cm³/mol. The van der Waals surface area contributed by atoms with Crippen molar-refractivity contribution in [1.82, 2.24) is 9.97 Å². The summed E-state index contributed by atoms with van der Waals surface area (Å²) >= 11 is 5.98. The third-order valence-electron chi connectivity index (χ3n) is 6.06. The maximum absolute atomic E-state index is 13.2. The van der Waals surface area contributed by atoms with E-state index in [1.54, 1.807) is 12.1 Å². The molecular weight excluding hydrogens is 426 g/mol. The van der Waals surface area contributed by atoms with E-state index in [2.05, 4.69) is 31.1 Å². The molecule has 2 heterocycles. The number of esters is 1. The monoisotopic (exact) mass is 451 g/mol. The number of carbonyl (C=O) groups excluding carboxylic acids is 2. The van der Waals surface area contributed by atoms with Gasteiger partial charge in [0.25, 0.3) is 5.91 Å². The Kier molecular flexibility index (Phi) is 6.15. The van der Waals surface area contributed by atoms with Crippen LogP contribution in [-0.2, 0) is 22.4 Å². The Balaban J connectivity index is 1.60. The van der Waals surface area contributed by atoms with E-state index in [0.717, 1.165) is 41.4 Å². The van der Waals surface area contributed by atoms with E-state index in [1.807, 2.05) is 24.3 Å². The summed E-state index contributed by atoms with van der Waals surface area (Å²) in [6, 6.07) is 10.9. The van der Waals surface area contributed by atoms with Gasteiger partial charge in [0.05, 0.1) is 16.8 Å². The van der Waals surface area contributed by atoms with Gasteiger partial charge in [0.1, 0.15) is 0 Å². The highest BCUT2D eigenvalue weighted by Gasteiger charge is 2.33. The number of amides is 1. The number of nitrogens with one attached hydrogen (secondary N) is 1. The lowest BCUT2D eigenvalue weighted by Crippen LogP contribution is -2.29. The normalized spacial score (nSPS) is 15.8. The van der Waals surface area contributed by atoms with Gasteiger partial charge >= 0.3 is 5.97 Å². The minimum Gasteiger partial charge on any atom is -0.452 e. The van der Waals surface area contributed by atoms with Gasteiger partial charge in [0.2, 0.25) is 0 Å². The van der Waals surface area contributed by atoms with Gasteiger partial charge in [0, 0.05) is 17.3 Å². The first-order valence-corrected chi connectivity index (χ1v) is 11.1. The largest absolute Gasteiger partial charge is 0.452 e. The number of halogens is 1. The summed E-state index contributed by atoms with van der Waals surface area (Å²) in [5.74, 6) is -0.560. The van der Waals surface area contributed by atoms with Gasteiger partial charge in [0.15, 0.2) is 11.8 Å². The van der Waals surface area contributed by atoms with Crippen LogP contribution in [0.4, 0.5) is 5.69 Å². The van der Waals surface area contributed by atoms with Crippen molar-refractivity contribution in [2.45, 2.75) is 40.0 Å². The lowest BCUT2D eigenvalue weighted by atomic mass is 9.70. The number of anilines is 1. The van der Waals surface area contributed by atoms with Crippen LogP contribution < -0.4 is 5.32 Å². The zero-order chi connectivity index (χ0) is 22.9. The molecule has 0 bridgehead atoms. The summed E-state index contributed by atoms with van der Waals surface area (Å²) in [6.45, 7) is 6.26. The maximum Gasteiger partial charge on any atom is 0.339 e. The highest BCUT2D eigenvalue weighted by atomic mass is 35.5. The van der Waals surface area contributed by atoms with Crippen LogP contribution in [0.3, 0.4) is 0 Å². The van der Waals surface area contributed by atoms with Crippen molar-refractivity contribution in [1.29, 1.82) is 0 Å². The maximum atomic E-state index is 13.2. The average molecular weight is 452 g/mol. The molecule has 166 valence electrons. The van der Waals surface area contributed by atoms with Crippen molar-refractivity contribution in [3.8, 4) is 0 Å². The molecule has 1 atom stereocenters. The number of benzene rings is 1. The van der Waals surface area contributed by atoms with Crippen molar-refractivity contribution >= 4 is 40.1 Å². The molecule has 0 aliphatic heterocycles. The lowest BCUT2D eigenvalue weighted by Gasteiger charge is -2.35. The molecule has 3 aromatic rings. The summed E-state index contributed by atoms with van der Waals surface area (Å²) in [5.41, 5.74) is 3.66. The summed E-state index contributed by atoms with van der Waals surface area (Å²) in [7, 11) is 0. The van der Waals surface area contributed by atoms with E-state index in [4.69, 9.17) is 21.3 Å². The third-order valence-corrected chi connectivity index (χ3v) is 6.36. The number of pyridine rings is 2. The predicted octanol–water partition coefficient (Wildman–Crippen LogP) is 5.23. The molecule has 1 aliphatic rings. The van der Waals surface area contributed by atoms with Crippen LogP contribution in [-0.4, -0.2) is 28.5 Å². The van der Waals surface area contributed by atoms with Gasteiger partial charge in [-0.2, -0.15) is 0 Å². The molecule has 4 rings (SSSR count). The molecule has 1 N–H and O–H groups in total. The smallest absolute Gasteiger partial charge is 0.339 e. The summed E-state index contributed by atoms with van der Waals surface area (Å²) in [5, 5.41) is 3.55. The van der Waals surface area contributed by atoms with Crippen LogP contribution in [0.15, 0.2) is 42.6 Å². The minimum absolute atomic E-state index is 0.118. The molecule has 32 heavy (non-hydrogen) atoms. The van der Waals surface area contributed by atoms with E-state index in [-0.39, 0.29) is 10.6 Å². The molecular formula is C25H26ClN3O3. The number of nitrogens with zero attached hydrogens (tertiary/aromatic N) is 2.